The van der Waals surface area contributed by atoms with Crippen LogP contribution in [-0.2, 0) is 4.74 Å². The topological polar surface area (TPSA) is 47.4 Å². The molecule has 0 saturated carbocycles. The lowest BCUT2D eigenvalue weighted by molar-refractivity contribution is 0.0303. The highest BCUT2D eigenvalue weighted by molar-refractivity contribution is 5.97. The van der Waals surface area contributed by atoms with Crippen LogP contribution in [0.1, 0.15) is 36.1 Å². The monoisotopic (exact) mass is 287 g/mol. The summed E-state index contributed by atoms with van der Waals surface area (Å²) in [6, 6.07) is 6.16. The quantitative estimate of drug-likeness (QED) is 0.852. The van der Waals surface area contributed by atoms with Gasteiger partial charge in [0, 0.05) is 24.7 Å². The van der Waals surface area contributed by atoms with Crippen molar-refractivity contribution in [3.05, 3.63) is 29.6 Å². The molecule has 1 saturated heterocycles. The Morgan fingerprint density at radius 3 is 2.67 bits per heavy atom. The summed E-state index contributed by atoms with van der Waals surface area (Å²) in [7, 11) is 0. The lowest BCUT2D eigenvalue weighted by atomic mass is 10.1. The number of hydrogen-bond donors (Lipinski definition) is 0. The van der Waals surface area contributed by atoms with E-state index in [0.717, 1.165) is 16.9 Å². The van der Waals surface area contributed by atoms with Crippen molar-refractivity contribution in [2.45, 2.75) is 26.8 Å². The third-order valence-corrected chi connectivity index (χ3v) is 3.93. The Labute approximate surface area is 124 Å². The maximum absolute atomic E-state index is 12.5. The van der Waals surface area contributed by atoms with E-state index in [2.05, 4.69) is 23.4 Å². The minimum atomic E-state index is 0.0666. The Hall–Kier alpha value is -1.88. The molecule has 2 heterocycles. The summed E-state index contributed by atoms with van der Waals surface area (Å²) in [5.74, 6) is 1.05. The molecule has 0 aliphatic carbocycles. The number of aryl methyl sites for hydroxylation is 1. The van der Waals surface area contributed by atoms with Crippen LogP contribution >= 0.6 is 0 Å². The number of amides is 1. The van der Waals surface area contributed by atoms with Gasteiger partial charge in [-0.25, -0.2) is 4.98 Å². The summed E-state index contributed by atoms with van der Waals surface area (Å²) in [5.41, 5.74) is 2.68. The van der Waals surface area contributed by atoms with Crippen LogP contribution in [0.15, 0.2) is 18.2 Å². The van der Waals surface area contributed by atoms with Gasteiger partial charge in [-0.05, 0) is 39.0 Å². The summed E-state index contributed by atoms with van der Waals surface area (Å²) in [5, 5.41) is 0. The molecule has 0 bridgehead atoms. The van der Waals surface area contributed by atoms with Crippen molar-refractivity contribution in [3.8, 4) is 0 Å². The first-order chi connectivity index (χ1) is 10.1. The summed E-state index contributed by atoms with van der Waals surface area (Å²) in [6.45, 7) is 8.85. The van der Waals surface area contributed by atoms with E-state index in [0.29, 0.717) is 37.9 Å². The third-order valence-electron chi connectivity index (χ3n) is 3.93. The number of aromatic nitrogens is 2. The number of imidazole rings is 1. The van der Waals surface area contributed by atoms with Gasteiger partial charge in [0.2, 0.25) is 0 Å². The lowest BCUT2D eigenvalue weighted by Crippen LogP contribution is -2.40. The molecule has 1 aliphatic heterocycles. The molecular formula is C16H21N3O2. The molecule has 112 valence electrons. The van der Waals surface area contributed by atoms with Crippen molar-refractivity contribution in [3.63, 3.8) is 0 Å². The standard InChI is InChI=1S/C16H21N3O2/c1-11(2)19-12(3)17-14-10-13(4-5-15(14)19)16(20)18-6-8-21-9-7-18/h4-5,10-11H,6-9H2,1-3H3. The molecular weight excluding hydrogens is 266 g/mol. The molecule has 0 N–H and O–H groups in total. The minimum absolute atomic E-state index is 0.0666. The molecule has 1 aromatic carbocycles. The smallest absolute Gasteiger partial charge is 0.254 e. The maximum Gasteiger partial charge on any atom is 0.254 e. The molecule has 0 radical (unpaired) electrons. The molecule has 1 fully saturated rings. The Kier molecular flexibility index (Phi) is 3.68. The van der Waals surface area contributed by atoms with Crippen LogP contribution in [0.25, 0.3) is 11.0 Å². The summed E-state index contributed by atoms with van der Waals surface area (Å²) >= 11 is 0. The van der Waals surface area contributed by atoms with Crippen LogP contribution in [0.3, 0.4) is 0 Å². The van der Waals surface area contributed by atoms with Crippen LogP contribution in [0.2, 0.25) is 0 Å². The van der Waals surface area contributed by atoms with Gasteiger partial charge in [0.15, 0.2) is 0 Å². The third kappa shape index (κ3) is 2.53. The molecule has 0 unspecified atom stereocenters. The van der Waals surface area contributed by atoms with Gasteiger partial charge in [0.05, 0.1) is 24.2 Å². The molecule has 1 aliphatic rings. The van der Waals surface area contributed by atoms with E-state index in [1.165, 1.54) is 0 Å². The van der Waals surface area contributed by atoms with Crippen LogP contribution in [0.4, 0.5) is 0 Å². The summed E-state index contributed by atoms with van der Waals surface area (Å²) < 4.78 is 7.48. The van der Waals surface area contributed by atoms with E-state index < -0.39 is 0 Å². The Morgan fingerprint density at radius 1 is 1.29 bits per heavy atom. The zero-order valence-corrected chi connectivity index (χ0v) is 12.8. The Bertz CT molecular complexity index is 669. The van der Waals surface area contributed by atoms with Crippen molar-refractivity contribution >= 4 is 16.9 Å². The van der Waals surface area contributed by atoms with Crippen molar-refractivity contribution < 1.29 is 9.53 Å². The fraction of sp³-hybridized carbons (Fsp3) is 0.500. The van der Waals surface area contributed by atoms with E-state index in [4.69, 9.17) is 4.74 Å². The van der Waals surface area contributed by atoms with Gasteiger partial charge in [0.25, 0.3) is 5.91 Å². The fourth-order valence-corrected chi connectivity index (χ4v) is 2.95. The van der Waals surface area contributed by atoms with Crippen molar-refractivity contribution in [1.82, 2.24) is 14.5 Å². The van der Waals surface area contributed by atoms with Gasteiger partial charge in [-0.2, -0.15) is 0 Å². The summed E-state index contributed by atoms with van der Waals surface area (Å²) in [4.78, 5) is 18.9. The second-order valence-electron chi connectivity index (χ2n) is 5.73. The number of carbonyl (C=O) groups is 1. The van der Waals surface area contributed by atoms with Crippen molar-refractivity contribution in [2.75, 3.05) is 26.3 Å². The fourth-order valence-electron chi connectivity index (χ4n) is 2.95. The largest absolute Gasteiger partial charge is 0.378 e. The first kappa shape index (κ1) is 14.1. The molecule has 21 heavy (non-hydrogen) atoms. The lowest BCUT2D eigenvalue weighted by Gasteiger charge is -2.26. The predicted molar refractivity (Wildman–Crippen MR) is 81.6 cm³/mol. The van der Waals surface area contributed by atoms with Gasteiger partial charge >= 0.3 is 0 Å². The highest BCUT2D eigenvalue weighted by Gasteiger charge is 2.20. The van der Waals surface area contributed by atoms with Crippen LogP contribution in [0.5, 0.6) is 0 Å². The van der Waals surface area contributed by atoms with Gasteiger partial charge in [0.1, 0.15) is 5.82 Å². The number of carbonyl (C=O) groups excluding carboxylic acids is 1. The minimum Gasteiger partial charge on any atom is -0.378 e. The number of morpholine rings is 1. The van der Waals surface area contributed by atoms with Crippen LogP contribution < -0.4 is 0 Å². The van der Waals surface area contributed by atoms with E-state index in [1.807, 2.05) is 30.0 Å². The zero-order chi connectivity index (χ0) is 15.0. The van der Waals surface area contributed by atoms with E-state index in [-0.39, 0.29) is 5.91 Å². The van der Waals surface area contributed by atoms with E-state index in [1.54, 1.807) is 0 Å². The van der Waals surface area contributed by atoms with Gasteiger partial charge in [-0.3, -0.25) is 4.79 Å². The molecule has 0 spiro atoms. The zero-order valence-electron chi connectivity index (χ0n) is 12.8. The molecule has 2 aromatic rings. The van der Waals surface area contributed by atoms with Gasteiger partial charge in [-0.15, -0.1) is 0 Å². The number of fused-ring (bicyclic) bond motifs is 1. The Morgan fingerprint density at radius 2 is 2.00 bits per heavy atom. The van der Waals surface area contributed by atoms with Crippen molar-refractivity contribution in [2.24, 2.45) is 0 Å². The van der Waals surface area contributed by atoms with Gasteiger partial charge < -0.3 is 14.2 Å². The maximum atomic E-state index is 12.5. The van der Waals surface area contributed by atoms with Crippen LogP contribution in [0, 0.1) is 6.92 Å². The van der Waals surface area contributed by atoms with Crippen LogP contribution in [-0.4, -0.2) is 46.7 Å². The number of hydrogen-bond acceptors (Lipinski definition) is 3. The first-order valence-corrected chi connectivity index (χ1v) is 7.43. The highest BCUT2D eigenvalue weighted by atomic mass is 16.5. The van der Waals surface area contributed by atoms with Crippen molar-refractivity contribution in [1.29, 1.82) is 0 Å². The van der Waals surface area contributed by atoms with E-state index >= 15 is 0 Å². The average molecular weight is 287 g/mol. The molecule has 5 nitrogen and oxygen atoms in total. The number of nitrogens with zero attached hydrogens (tertiary/aromatic N) is 3. The second kappa shape index (κ2) is 5.48. The number of rotatable bonds is 2. The average Bonchev–Trinajstić information content (AvgIpc) is 2.82. The molecule has 0 atom stereocenters. The predicted octanol–water partition coefficient (Wildman–Crippen LogP) is 2.40. The molecule has 1 amide bonds. The normalized spacial score (nSPS) is 15.9. The second-order valence-corrected chi connectivity index (χ2v) is 5.73. The van der Waals surface area contributed by atoms with Gasteiger partial charge in [-0.1, -0.05) is 0 Å². The SMILES string of the molecule is Cc1nc2cc(C(=O)N3CCOCC3)ccc2n1C(C)C. The first-order valence-electron chi connectivity index (χ1n) is 7.43. The van der Waals surface area contributed by atoms with E-state index in [9.17, 15) is 4.79 Å². The molecule has 5 heteroatoms. The molecule has 1 aromatic heterocycles. The molecule has 3 rings (SSSR count). The summed E-state index contributed by atoms with van der Waals surface area (Å²) in [6.07, 6.45) is 0. The Balaban J connectivity index is 1.96. The number of ether oxygens (including phenoxy) is 1. The number of benzene rings is 1. The highest BCUT2D eigenvalue weighted by Crippen LogP contribution is 2.22.